The van der Waals surface area contributed by atoms with Crippen LogP contribution in [0.15, 0.2) is 18.3 Å². The van der Waals surface area contributed by atoms with Gasteiger partial charge in [0.25, 0.3) is 0 Å². The molecule has 1 heterocycles. The van der Waals surface area contributed by atoms with Gasteiger partial charge in [-0.2, -0.15) is 0 Å². The maximum atomic E-state index is 9.88. The van der Waals surface area contributed by atoms with Gasteiger partial charge in [-0.25, -0.2) is 0 Å². The molecule has 2 heteroatoms. The van der Waals surface area contributed by atoms with E-state index in [-0.39, 0.29) is 6.10 Å². The van der Waals surface area contributed by atoms with Gasteiger partial charge in [-0.15, -0.1) is 0 Å². The maximum absolute atomic E-state index is 9.88. The normalized spacial score (nSPS) is 21.4. The Morgan fingerprint density at radius 2 is 2.17 bits per heavy atom. The second kappa shape index (κ2) is 3.31. The van der Waals surface area contributed by atoms with E-state index < -0.39 is 0 Å². The van der Waals surface area contributed by atoms with Gasteiger partial charge >= 0.3 is 0 Å². The number of aromatic amines is 1. The second-order valence-corrected chi connectivity index (χ2v) is 3.61. The van der Waals surface area contributed by atoms with Crippen molar-refractivity contribution in [3.05, 3.63) is 24.0 Å². The fourth-order valence-corrected chi connectivity index (χ4v) is 2.06. The highest BCUT2D eigenvalue weighted by Crippen LogP contribution is 2.34. The lowest BCUT2D eigenvalue weighted by Crippen LogP contribution is -2.08. The highest BCUT2D eigenvalue weighted by Gasteiger charge is 2.24. The molecule has 2 rings (SSSR count). The molecule has 0 amide bonds. The summed E-state index contributed by atoms with van der Waals surface area (Å²) in [5, 5.41) is 9.88. The third kappa shape index (κ3) is 1.39. The van der Waals surface area contributed by atoms with Crippen molar-refractivity contribution in [1.82, 2.24) is 4.98 Å². The van der Waals surface area contributed by atoms with Crippen LogP contribution in [-0.4, -0.2) is 10.1 Å². The molecule has 1 saturated carbocycles. The summed E-state index contributed by atoms with van der Waals surface area (Å²) in [5.41, 5.74) is 0.974. The number of hydrogen-bond donors (Lipinski definition) is 2. The minimum atomic E-state index is -0.262. The summed E-state index contributed by atoms with van der Waals surface area (Å²) in [6, 6.07) is 3.90. The molecule has 0 radical (unpaired) electrons. The minimum Gasteiger partial charge on any atom is -0.387 e. The average molecular weight is 165 g/mol. The molecule has 66 valence electrons. The van der Waals surface area contributed by atoms with E-state index in [2.05, 4.69) is 4.98 Å². The molecule has 1 unspecified atom stereocenters. The summed E-state index contributed by atoms with van der Waals surface area (Å²) in [5.74, 6) is 0.489. The first kappa shape index (κ1) is 7.87. The summed E-state index contributed by atoms with van der Waals surface area (Å²) in [4.78, 5) is 3.06. The molecule has 2 N–H and O–H groups in total. The van der Waals surface area contributed by atoms with Crippen molar-refractivity contribution in [1.29, 1.82) is 0 Å². The number of nitrogens with one attached hydrogen (secondary N) is 1. The standard InChI is InChI=1S/C10H15NO/c12-10(8-4-1-2-5-8)9-6-3-7-11-9/h3,6-8,10-12H,1-2,4-5H2. The van der Waals surface area contributed by atoms with E-state index in [0.29, 0.717) is 5.92 Å². The minimum absolute atomic E-state index is 0.262. The van der Waals surface area contributed by atoms with Crippen LogP contribution in [-0.2, 0) is 0 Å². The first-order valence-corrected chi connectivity index (χ1v) is 4.69. The van der Waals surface area contributed by atoms with Gasteiger partial charge < -0.3 is 10.1 Å². The number of hydrogen-bond acceptors (Lipinski definition) is 1. The van der Waals surface area contributed by atoms with Crippen LogP contribution < -0.4 is 0 Å². The Labute approximate surface area is 72.6 Å². The predicted octanol–water partition coefficient (Wildman–Crippen LogP) is 2.24. The van der Waals surface area contributed by atoms with Crippen LogP contribution in [0.4, 0.5) is 0 Å². The maximum Gasteiger partial charge on any atom is 0.0965 e. The van der Waals surface area contributed by atoms with E-state index in [0.717, 1.165) is 5.69 Å². The number of H-pyrrole nitrogens is 1. The van der Waals surface area contributed by atoms with E-state index in [1.54, 1.807) is 0 Å². The first-order valence-electron chi connectivity index (χ1n) is 4.69. The first-order chi connectivity index (χ1) is 5.88. The Bertz CT molecular complexity index is 224. The largest absolute Gasteiger partial charge is 0.387 e. The van der Waals surface area contributed by atoms with Crippen molar-refractivity contribution in [2.75, 3.05) is 0 Å². The van der Waals surface area contributed by atoms with Gasteiger partial charge in [-0.05, 0) is 30.9 Å². The van der Waals surface area contributed by atoms with Crippen molar-refractivity contribution >= 4 is 0 Å². The summed E-state index contributed by atoms with van der Waals surface area (Å²) in [6.07, 6.45) is 6.53. The Balaban J connectivity index is 2.04. The molecule has 0 bridgehead atoms. The zero-order chi connectivity index (χ0) is 8.39. The molecule has 0 spiro atoms. The van der Waals surface area contributed by atoms with Crippen LogP contribution in [0, 0.1) is 5.92 Å². The summed E-state index contributed by atoms with van der Waals surface area (Å²) < 4.78 is 0. The van der Waals surface area contributed by atoms with Crippen LogP contribution in [0.2, 0.25) is 0 Å². The van der Waals surface area contributed by atoms with Gasteiger partial charge in [0.15, 0.2) is 0 Å². The van der Waals surface area contributed by atoms with E-state index >= 15 is 0 Å². The average Bonchev–Trinajstić information content (AvgIpc) is 2.77. The fourth-order valence-electron chi connectivity index (χ4n) is 2.06. The molecular weight excluding hydrogens is 150 g/mol. The van der Waals surface area contributed by atoms with Gasteiger partial charge in [0, 0.05) is 11.9 Å². The molecule has 1 fully saturated rings. The Morgan fingerprint density at radius 3 is 2.75 bits per heavy atom. The van der Waals surface area contributed by atoms with Gasteiger partial charge in [-0.1, -0.05) is 12.8 Å². The number of aliphatic hydroxyl groups is 1. The summed E-state index contributed by atoms with van der Waals surface area (Å²) >= 11 is 0. The van der Waals surface area contributed by atoms with Crippen LogP contribution in [0.1, 0.15) is 37.5 Å². The van der Waals surface area contributed by atoms with Crippen LogP contribution in [0.25, 0.3) is 0 Å². The monoisotopic (exact) mass is 165 g/mol. The lowest BCUT2D eigenvalue weighted by Gasteiger charge is -2.15. The topological polar surface area (TPSA) is 36.0 Å². The smallest absolute Gasteiger partial charge is 0.0965 e. The SMILES string of the molecule is OC(c1ccc[nH]1)C1CCCC1. The Hall–Kier alpha value is -0.760. The van der Waals surface area contributed by atoms with Crippen molar-refractivity contribution in [3.63, 3.8) is 0 Å². The Morgan fingerprint density at radius 1 is 1.42 bits per heavy atom. The third-order valence-corrected chi connectivity index (χ3v) is 2.79. The molecule has 1 aliphatic carbocycles. The van der Waals surface area contributed by atoms with Crippen molar-refractivity contribution in [2.24, 2.45) is 5.92 Å². The zero-order valence-electron chi connectivity index (χ0n) is 7.16. The van der Waals surface area contributed by atoms with Crippen molar-refractivity contribution in [3.8, 4) is 0 Å². The molecule has 1 aromatic heterocycles. The quantitative estimate of drug-likeness (QED) is 0.692. The molecule has 0 aliphatic heterocycles. The van der Waals surface area contributed by atoms with E-state index in [9.17, 15) is 5.11 Å². The lowest BCUT2D eigenvalue weighted by atomic mass is 9.99. The fraction of sp³-hybridized carbons (Fsp3) is 0.600. The van der Waals surface area contributed by atoms with Crippen LogP contribution >= 0.6 is 0 Å². The molecule has 1 atom stereocenters. The highest BCUT2D eigenvalue weighted by molar-refractivity contribution is 5.08. The van der Waals surface area contributed by atoms with E-state index in [4.69, 9.17) is 0 Å². The summed E-state index contributed by atoms with van der Waals surface area (Å²) in [6.45, 7) is 0. The molecule has 1 aliphatic rings. The highest BCUT2D eigenvalue weighted by atomic mass is 16.3. The molecule has 2 nitrogen and oxygen atoms in total. The molecule has 0 aromatic carbocycles. The predicted molar refractivity (Wildman–Crippen MR) is 47.7 cm³/mol. The van der Waals surface area contributed by atoms with Gasteiger partial charge in [0.1, 0.15) is 0 Å². The second-order valence-electron chi connectivity index (χ2n) is 3.61. The van der Waals surface area contributed by atoms with Gasteiger partial charge in [0.05, 0.1) is 6.10 Å². The van der Waals surface area contributed by atoms with Crippen molar-refractivity contribution in [2.45, 2.75) is 31.8 Å². The van der Waals surface area contributed by atoms with Crippen molar-refractivity contribution < 1.29 is 5.11 Å². The van der Waals surface area contributed by atoms with Gasteiger partial charge in [-0.3, -0.25) is 0 Å². The summed E-state index contributed by atoms with van der Waals surface area (Å²) in [7, 11) is 0. The third-order valence-electron chi connectivity index (χ3n) is 2.79. The van der Waals surface area contributed by atoms with Gasteiger partial charge in [0.2, 0.25) is 0 Å². The number of aliphatic hydroxyl groups excluding tert-OH is 1. The zero-order valence-corrected chi connectivity index (χ0v) is 7.16. The van der Waals surface area contributed by atoms with Crippen LogP contribution in [0.5, 0.6) is 0 Å². The van der Waals surface area contributed by atoms with Crippen LogP contribution in [0.3, 0.4) is 0 Å². The molecule has 0 saturated heterocycles. The number of rotatable bonds is 2. The molecule has 12 heavy (non-hydrogen) atoms. The number of aromatic nitrogens is 1. The molecular formula is C10H15NO. The van der Waals surface area contributed by atoms with E-state index in [1.807, 2.05) is 18.3 Å². The molecule has 1 aromatic rings. The lowest BCUT2D eigenvalue weighted by molar-refractivity contribution is 0.108. The Kier molecular flexibility index (Phi) is 2.17. The van der Waals surface area contributed by atoms with E-state index in [1.165, 1.54) is 25.7 Å².